The van der Waals surface area contributed by atoms with Crippen molar-refractivity contribution in [2.45, 2.75) is 38.3 Å². The van der Waals surface area contributed by atoms with E-state index in [-0.39, 0.29) is 12.1 Å². The molecular formula is C18H29N3O2. The van der Waals surface area contributed by atoms with Crippen LogP contribution in [0, 0.1) is 0 Å². The molecule has 1 heterocycles. The number of carbonyl (C=O) groups is 1. The van der Waals surface area contributed by atoms with Gasteiger partial charge in [0.1, 0.15) is 0 Å². The van der Waals surface area contributed by atoms with Crippen LogP contribution < -0.4 is 10.2 Å². The highest BCUT2D eigenvalue weighted by molar-refractivity contribution is 5.74. The highest BCUT2D eigenvalue weighted by atomic mass is 16.5. The molecular weight excluding hydrogens is 290 g/mol. The van der Waals surface area contributed by atoms with Crippen molar-refractivity contribution in [3.8, 4) is 0 Å². The molecule has 0 bridgehead atoms. The van der Waals surface area contributed by atoms with Crippen LogP contribution in [0.15, 0.2) is 30.3 Å². The van der Waals surface area contributed by atoms with Gasteiger partial charge in [-0.25, -0.2) is 4.79 Å². The molecule has 2 rings (SSSR count). The van der Waals surface area contributed by atoms with Gasteiger partial charge in [0, 0.05) is 51.6 Å². The van der Waals surface area contributed by atoms with Crippen LogP contribution in [-0.4, -0.2) is 56.9 Å². The molecule has 5 heteroatoms. The van der Waals surface area contributed by atoms with E-state index in [0.717, 1.165) is 32.4 Å². The lowest BCUT2D eigenvalue weighted by atomic mass is 10.0. The fraction of sp³-hybridized carbons (Fsp3) is 0.611. The average molecular weight is 319 g/mol. The first kappa shape index (κ1) is 17.6. The van der Waals surface area contributed by atoms with Gasteiger partial charge in [0.25, 0.3) is 0 Å². The number of methoxy groups -OCH3 is 1. The zero-order valence-electron chi connectivity index (χ0n) is 14.5. The van der Waals surface area contributed by atoms with E-state index in [1.807, 2.05) is 17.9 Å². The summed E-state index contributed by atoms with van der Waals surface area (Å²) in [6.07, 6.45) is 2.85. The topological polar surface area (TPSA) is 44.8 Å². The molecule has 0 spiro atoms. The smallest absolute Gasteiger partial charge is 0.317 e. The van der Waals surface area contributed by atoms with E-state index in [1.165, 1.54) is 5.69 Å². The van der Waals surface area contributed by atoms with Crippen LogP contribution in [-0.2, 0) is 4.74 Å². The largest absolute Gasteiger partial charge is 0.385 e. The number of likely N-dealkylation sites (tertiary alicyclic amines) is 1. The molecule has 1 saturated heterocycles. The zero-order chi connectivity index (χ0) is 16.7. The Hall–Kier alpha value is -1.75. The van der Waals surface area contributed by atoms with Gasteiger partial charge < -0.3 is 19.9 Å². The molecule has 1 aromatic rings. The van der Waals surface area contributed by atoms with Crippen LogP contribution in [0.5, 0.6) is 0 Å². The summed E-state index contributed by atoms with van der Waals surface area (Å²) < 4.78 is 5.05. The Labute approximate surface area is 139 Å². The van der Waals surface area contributed by atoms with Crippen LogP contribution in [0.3, 0.4) is 0 Å². The molecule has 0 aliphatic carbocycles. The van der Waals surface area contributed by atoms with E-state index < -0.39 is 0 Å². The number of nitrogens with one attached hydrogen (secondary N) is 1. The highest BCUT2D eigenvalue weighted by Gasteiger charge is 2.25. The van der Waals surface area contributed by atoms with Gasteiger partial charge in [-0.1, -0.05) is 18.2 Å². The zero-order valence-corrected chi connectivity index (χ0v) is 14.5. The predicted octanol–water partition coefficient (Wildman–Crippen LogP) is 2.72. The van der Waals surface area contributed by atoms with Gasteiger partial charge >= 0.3 is 6.03 Å². The molecule has 2 amide bonds. The number of piperidine rings is 1. The fourth-order valence-corrected chi connectivity index (χ4v) is 3.00. The average Bonchev–Trinajstić information content (AvgIpc) is 2.60. The molecule has 0 aromatic heterocycles. The number of ether oxygens (including phenoxy) is 1. The summed E-state index contributed by atoms with van der Waals surface area (Å²) in [5.41, 5.74) is 1.24. The Bertz CT molecular complexity index is 472. The van der Waals surface area contributed by atoms with Crippen molar-refractivity contribution < 1.29 is 9.53 Å². The normalized spacial score (nSPS) is 16.9. The van der Waals surface area contributed by atoms with Crippen molar-refractivity contribution in [2.75, 3.05) is 38.8 Å². The molecule has 5 nitrogen and oxygen atoms in total. The number of para-hydroxylation sites is 1. The predicted molar refractivity (Wildman–Crippen MR) is 93.9 cm³/mol. The number of nitrogens with zero attached hydrogens (tertiary/aromatic N) is 2. The van der Waals surface area contributed by atoms with Crippen LogP contribution in [0.2, 0.25) is 0 Å². The van der Waals surface area contributed by atoms with Gasteiger partial charge in [-0.05, 0) is 38.3 Å². The van der Waals surface area contributed by atoms with Gasteiger partial charge in [0.2, 0.25) is 0 Å². The van der Waals surface area contributed by atoms with E-state index in [4.69, 9.17) is 4.74 Å². The minimum atomic E-state index is 0.0504. The minimum absolute atomic E-state index is 0.0504. The number of anilines is 1. The third kappa shape index (κ3) is 5.13. The Balaban J connectivity index is 1.78. The number of amides is 2. The van der Waals surface area contributed by atoms with Gasteiger partial charge in [-0.2, -0.15) is 0 Å². The van der Waals surface area contributed by atoms with E-state index in [0.29, 0.717) is 12.6 Å². The summed E-state index contributed by atoms with van der Waals surface area (Å²) in [5, 5.41) is 3.05. The summed E-state index contributed by atoms with van der Waals surface area (Å²) in [7, 11) is 3.82. The molecule has 0 unspecified atom stereocenters. The second-order valence-electron chi connectivity index (χ2n) is 6.30. The van der Waals surface area contributed by atoms with Crippen molar-refractivity contribution >= 4 is 11.7 Å². The van der Waals surface area contributed by atoms with Crippen molar-refractivity contribution in [1.29, 1.82) is 0 Å². The molecule has 1 aliphatic rings. The Morgan fingerprint density at radius 3 is 2.61 bits per heavy atom. The third-order valence-electron chi connectivity index (χ3n) is 4.59. The van der Waals surface area contributed by atoms with Gasteiger partial charge in [0.15, 0.2) is 0 Å². The molecule has 1 aliphatic heterocycles. The number of benzene rings is 1. The SMILES string of the molecule is COCC[C@H](C)NC(=O)N1CCC(N(C)c2ccccc2)CC1. The molecule has 1 fully saturated rings. The summed E-state index contributed by atoms with van der Waals surface area (Å²) in [6.45, 7) is 4.31. The maximum Gasteiger partial charge on any atom is 0.317 e. The lowest BCUT2D eigenvalue weighted by Gasteiger charge is -2.38. The first-order valence-corrected chi connectivity index (χ1v) is 8.44. The maximum atomic E-state index is 12.3. The van der Waals surface area contributed by atoms with Crippen molar-refractivity contribution in [2.24, 2.45) is 0 Å². The second-order valence-corrected chi connectivity index (χ2v) is 6.30. The lowest BCUT2D eigenvalue weighted by Crippen LogP contribution is -2.50. The van der Waals surface area contributed by atoms with Crippen LogP contribution >= 0.6 is 0 Å². The highest BCUT2D eigenvalue weighted by Crippen LogP contribution is 2.21. The first-order valence-electron chi connectivity index (χ1n) is 8.44. The van der Waals surface area contributed by atoms with E-state index in [1.54, 1.807) is 7.11 Å². The fourth-order valence-electron chi connectivity index (χ4n) is 3.00. The van der Waals surface area contributed by atoms with Crippen molar-refractivity contribution in [3.63, 3.8) is 0 Å². The number of urea groups is 1. The minimum Gasteiger partial charge on any atom is -0.385 e. The van der Waals surface area contributed by atoms with Gasteiger partial charge in [-0.3, -0.25) is 0 Å². The van der Waals surface area contributed by atoms with Crippen molar-refractivity contribution in [3.05, 3.63) is 30.3 Å². The van der Waals surface area contributed by atoms with Crippen LogP contribution in [0.4, 0.5) is 10.5 Å². The van der Waals surface area contributed by atoms with Gasteiger partial charge in [0.05, 0.1) is 0 Å². The summed E-state index contributed by atoms with van der Waals surface area (Å²) in [4.78, 5) is 16.5. The Kier molecular flexibility index (Phi) is 6.71. The molecule has 1 N–H and O–H groups in total. The van der Waals surface area contributed by atoms with Crippen LogP contribution in [0.25, 0.3) is 0 Å². The molecule has 1 aromatic carbocycles. The van der Waals surface area contributed by atoms with E-state index in [9.17, 15) is 4.79 Å². The first-order chi connectivity index (χ1) is 11.1. The molecule has 23 heavy (non-hydrogen) atoms. The summed E-state index contributed by atoms with van der Waals surface area (Å²) >= 11 is 0. The van der Waals surface area contributed by atoms with Gasteiger partial charge in [-0.15, -0.1) is 0 Å². The van der Waals surface area contributed by atoms with E-state index in [2.05, 4.69) is 41.5 Å². The number of carbonyl (C=O) groups excluding carboxylic acids is 1. The molecule has 1 atom stereocenters. The third-order valence-corrected chi connectivity index (χ3v) is 4.59. The maximum absolute atomic E-state index is 12.3. The van der Waals surface area contributed by atoms with Crippen molar-refractivity contribution in [1.82, 2.24) is 10.2 Å². The number of hydrogen-bond acceptors (Lipinski definition) is 3. The monoisotopic (exact) mass is 319 g/mol. The Morgan fingerprint density at radius 2 is 2.00 bits per heavy atom. The van der Waals surface area contributed by atoms with E-state index >= 15 is 0 Å². The number of rotatable bonds is 6. The molecule has 128 valence electrons. The molecule has 0 saturated carbocycles. The summed E-state index contributed by atoms with van der Waals surface area (Å²) in [5.74, 6) is 0. The Morgan fingerprint density at radius 1 is 1.35 bits per heavy atom. The number of hydrogen-bond donors (Lipinski definition) is 1. The molecule has 0 radical (unpaired) electrons. The van der Waals surface area contributed by atoms with Crippen LogP contribution in [0.1, 0.15) is 26.2 Å². The summed E-state index contributed by atoms with van der Waals surface area (Å²) in [6, 6.07) is 11.1. The lowest BCUT2D eigenvalue weighted by molar-refractivity contribution is 0.166. The quantitative estimate of drug-likeness (QED) is 0.877. The standard InChI is InChI=1S/C18H29N3O2/c1-15(11-14-23-3)19-18(22)21-12-9-17(10-13-21)20(2)16-7-5-4-6-8-16/h4-8,15,17H,9-14H2,1-3H3,(H,19,22)/t15-/m0/s1. The second kappa shape index (κ2) is 8.77.